The SMILES string of the molecule is Cn1ccnc1SCc1nc2c([nH]1)CC(C)(C)CNC2=O. The van der Waals surface area contributed by atoms with Crippen LogP contribution in [-0.4, -0.2) is 32.0 Å². The third-order valence-corrected chi connectivity index (χ3v) is 4.61. The van der Waals surface area contributed by atoms with E-state index in [2.05, 4.69) is 34.1 Å². The maximum atomic E-state index is 12.1. The molecule has 0 aromatic carbocycles. The van der Waals surface area contributed by atoms with E-state index in [9.17, 15) is 4.79 Å². The Hall–Kier alpha value is -1.76. The van der Waals surface area contributed by atoms with Crippen LogP contribution in [0.3, 0.4) is 0 Å². The second kappa shape index (κ2) is 5.22. The van der Waals surface area contributed by atoms with Gasteiger partial charge in [0.05, 0.1) is 5.75 Å². The molecule has 2 aromatic heterocycles. The summed E-state index contributed by atoms with van der Waals surface area (Å²) in [7, 11) is 1.96. The Labute approximate surface area is 127 Å². The molecule has 0 radical (unpaired) electrons. The van der Waals surface area contributed by atoms with Gasteiger partial charge in [-0.25, -0.2) is 9.97 Å². The zero-order chi connectivity index (χ0) is 15.0. The largest absolute Gasteiger partial charge is 0.350 e. The molecule has 0 atom stereocenters. The minimum absolute atomic E-state index is 0.0392. The molecule has 2 N–H and O–H groups in total. The first kappa shape index (κ1) is 14.2. The first-order chi connectivity index (χ1) is 9.94. The minimum Gasteiger partial charge on any atom is -0.350 e. The average molecular weight is 305 g/mol. The summed E-state index contributed by atoms with van der Waals surface area (Å²) in [6.07, 6.45) is 4.51. The van der Waals surface area contributed by atoms with E-state index in [-0.39, 0.29) is 11.3 Å². The third-order valence-electron chi connectivity index (χ3n) is 3.54. The van der Waals surface area contributed by atoms with Crippen LogP contribution in [0, 0.1) is 5.41 Å². The predicted octanol–water partition coefficient (Wildman–Crippen LogP) is 1.75. The lowest BCUT2D eigenvalue weighted by Gasteiger charge is -2.21. The number of nitrogens with zero attached hydrogens (tertiary/aromatic N) is 3. The topological polar surface area (TPSA) is 75.6 Å². The van der Waals surface area contributed by atoms with Crippen molar-refractivity contribution >= 4 is 17.7 Å². The van der Waals surface area contributed by atoms with E-state index < -0.39 is 0 Å². The summed E-state index contributed by atoms with van der Waals surface area (Å²) in [5.41, 5.74) is 1.51. The van der Waals surface area contributed by atoms with Crippen LogP contribution in [0.25, 0.3) is 0 Å². The molecular formula is C14H19N5OS. The fourth-order valence-electron chi connectivity index (χ4n) is 2.42. The van der Waals surface area contributed by atoms with Crippen molar-refractivity contribution in [2.24, 2.45) is 12.5 Å². The Bertz CT molecular complexity index is 673. The van der Waals surface area contributed by atoms with Crippen molar-refractivity contribution in [3.05, 3.63) is 29.6 Å². The lowest BCUT2D eigenvalue weighted by molar-refractivity contribution is 0.0940. The van der Waals surface area contributed by atoms with Gasteiger partial charge in [-0.15, -0.1) is 0 Å². The van der Waals surface area contributed by atoms with Gasteiger partial charge in [0.1, 0.15) is 11.5 Å². The van der Waals surface area contributed by atoms with E-state index in [1.807, 2.05) is 17.8 Å². The second-order valence-electron chi connectivity index (χ2n) is 6.14. The van der Waals surface area contributed by atoms with Crippen LogP contribution >= 0.6 is 11.8 Å². The van der Waals surface area contributed by atoms with E-state index in [4.69, 9.17) is 0 Å². The molecule has 21 heavy (non-hydrogen) atoms. The van der Waals surface area contributed by atoms with E-state index in [1.54, 1.807) is 18.0 Å². The highest BCUT2D eigenvalue weighted by Crippen LogP contribution is 2.26. The van der Waals surface area contributed by atoms with Crippen LogP contribution in [0.1, 0.15) is 35.9 Å². The number of amides is 1. The average Bonchev–Trinajstić information content (AvgIpc) is 2.97. The first-order valence-electron chi connectivity index (χ1n) is 6.91. The van der Waals surface area contributed by atoms with Crippen LogP contribution < -0.4 is 5.32 Å². The van der Waals surface area contributed by atoms with Gasteiger partial charge < -0.3 is 14.9 Å². The van der Waals surface area contributed by atoms with E-state index in [0.29, 0.717) is 18.0 Å². The highest BCUT2D eigenvalue weighted by atomic mass is 32.2. The molecule has 3 heterocycles. The van der Waals surface area contributed by atoms with Crippen molar-refractivity contribution in [2.45, 2.75) is 31.2 Å². The Morgan fingerprint density at radius 3 is 3.00 bits per heavy atom. The Morgan fingerprint density at radius 1 is 1.48 bits per heavy atom. The number of imidazole rings is 2. The van der Waals surface area contributed by atoms with Gasteiger partial charge in [0, 0.05) is 31.7 Å². The summed E-state index contributed by atoms with van der Waals surface area (Å²) in [5, 5.41) is 3.87. The summed E-state index contributed by atoms with van der Waals surface area (Å²) in [6, 6.07) is 0. The Balaban J connectivity index is 1.79. The van der Waals surface area contributed by atoms with E-state index >= 15 is 0 Å². The molecule has 0 fully saturated rings. The molecule has 112 valence electrons. The smallest absolute Gasteiger partial charge is 0.271 e. The quantitative estimate of drug-likeness (QED) is 0.847. The fraction of sp³-hybridized carbons (Fsp3) is 0.500. The van der Waals surface area contributed by atoms with E-state index in [0.717, 1.165) is 23.1 Å². The lowest BCUT2D eigenvalue weighted by atomic mass is 9.88. The maximum Gasteiger partial charge on any atom is 0.271 e. The standard InChI is InChI=1S/C14H19N5OS/c1-14(2)6-9-11(12(20)16-8-14)18-10(17-9)7-21-13-15-4-5-19(13)3/h4-5H,6-8H2,1-3H3,(H,16,20)(H,17,18). The van der Waals surface area contributed by atoms with Crippen LogP contribution in [0.5, 0.6) is 0 Å². The zero-order valence-corrected chi connectivity index (χ0v) is 13.3. The van der Waals surface area contributed by atoms with Gasteiger partial charge in [-0.3, -0.25) is 4.79 Å². The second-order valence-corrected chi connectivity index (χ2v) is 7.09. The summed E-state index contributed by atoms with van der Waals surface area (Å²) < 4.78 is 1.97. The van der Waals surface area contributed by atoms with Gasteiger partial charge in [-0.1, -0.05) is 25.6 Å². The summed E-state index contributed by atoms with van der Waals surface area (Å²) in [4.78, 5) is 24.1. The fourth-order valence-corrected chi connectivity index (χ4v) is 3.22. The Morgan fingerprint density at radius 2 is 2.29 bits per heavy atom. The predicted molar refractivity (Wildman–Crippen MR) is 81.2 cm³/mol. The van der Waals surface area contributed by atoms with Gasteiger partial charge >= 0.3 is 0 Å². The molecule has 0 spiro atoms. The number of rotatable bonds is 3. The number of fused-ring (bicyclic) bond motifs is 1. The molecule has 0 bridgehead atoms. The number of aryl methyl sites for hydroxylation is 1. The van der Waals surface area contributed by atoms with Crippen LogP contribution in [0.15, 0.2) is 17.6 Å². The van der Waals surface area contributed by atoms with Crippen molar-refractivity contribution in [2.75, 3.05) is 6.54 Å². The van der Waals surface area contributed by atoms with Gasteiger partial charge in [0.15, 0.2) is 5.16 Å². The highest BCUT2D eigenvalue weighted by Gasteiger charge is 2.29. The van der Waals surface area contributed by atoms with Gasteiger partial charge in [-0.05, 0) is 11.8 Å². The molecule has 1 aliphatic rings. The molecule has 1 amide bonds. The number of aromatic amines is 1. The molecular weight excluding hydrogens is 286 g/mol. The summed E-state index contributed by atoms with van der Waals surface area (Å²) in [6.45, 7) is 4.96. The number of thioether (sulfide) groups is 1. The van der Waals surface area contributed by atoms with Gasteiger partial charge in [0.2, 0.25) is 0 Å². The van der Waals surface area contributed by atoms with Crippen molar-refractivity contribution < 1.29 is 4.79 Å². The minimum atomic E-state index is -0.0833. The summed E-state index contributed by atoms with van der Waals surface area (Å²) in [5.74, 6) is 1.41. The zero-order valence-electron chi connectivity index (χ0n) is 12.4. The molecule has 0 aliphatic carbocycles. The number of carbonyl (C=O) groups excluding carboxylic acids is 1. The first-order valence-corrected chi connectivity index (χ1v) is 7.89. The monoisotopic (exact) mass is 305 g/mol. The Kier molecular flexibility index (Phi) is 3.52. The van der Waals surface area contributed by atoms with Crippen LogP contribution in [0.2, 0.25) is 0 Å². The molecule has 2 aromatic rings. The van der Waals surface area contributed by atoms with Crippen LogP contribution in [0.4, 0.5) is 0 Å². The van der Waals surface area contributed by atoms with Gasteiger partial charge in [-0.2, -0.15) is 0 Å². The number of H-pyrrole nitrogens is 1. The van der Waals surface area contributed by atoms with Gasteiger partial charge in [0.25, 0.3) is 5.91 Å². The molecule has 7 heteroatoms. The molecule has 0 saturated carbocycles. The van der Waals surface area contributed by atoms with Crippen molar-refractivity contribution in [3.63, 3.8) is 0 Å². The molecule has 3 rings (SSSR count). The summed E-state index contributed by atoms with van der Waals surface area (Å²) >= 11 is 1.60. The number of nitrogens with one attached hydrogen (secondary N) is 2. The molecule has 6 nitrogen and oxygen atoms in total. The number of hydrogen-bond donors (Lipinski definition) is 2. The van der Waals surface area contributed by atoms with Crippen molar-refractivity contribution in [1.82, 2.24) is 24.8 Å². The number of aromatic nitrogens is 4. The molecule has 0 saturated heterocycles. The van der Waals surface area contributed by atoms with Crippen molar-refractivity contribution in [3.8, 4) is 0 Å². The molecule has 0 unspecified atom stereocenters. The van der Waals surface area contributed by atoms with E-state index in [1.165, 1.54) is 0 Å². The number of hydrogen-bond acceptors (Lipinski definition) is 4. The normalized spacial score (nSPS) is 17.2. The highest BCUT2D eigenvalue weighted by molar-refractivity contribution is 7.98. The lowest BCUT2D eigenvalue weighted by Crippen LogP contribution is -2.32. The molecule has 1 aliphatic heterocycles. The number of carbonyl (C=O) groups is 1. The van der Waals surface area contributed by atoms with Crippen LogP contribution in [-0.2, 0) is 19.2 Å². The maximum absolute atomic E-state index is 12.1. The third kappa shape index (κ3) is 2.97. The van der Waals surface area contributed by atoms with Crippen molar-refractivity contribution in [1.29, 1.82) is 0 Å².